The van der Waals surface area contributed by atoms with Gasteiger partial charge in [0.2, 0.25) is 0 Å². The molecule has 2 atom stereocenters. The largest absolute Gasteiger partial charge is 0.444 e. The fraction of sp³-hybridized carbons (Fsp3) is 0.923. The van der Waals surface area contributed by atoms with Gasteiger partial charge in [-0.3, -0.25) is 0 Å². The van der Waals surface area contributed by atoms with Crippen molar-refractivity contribution in [2.75, 3.05) is 19.1 Å². The number of nitrogens with zero attached hydrogens (tertiary/aromatic N) is 1. The van der Waals surface area contributed by atoms with E-state index in [2.05, 4.69) is 5.32 Å². The van der Waals surface area contributed by atoms with Crippen molar-refractivity contribution < 1.29 is 9.53 Å². The van der Waals surface area contributed by atoms with Crippen LogP contribution in [0, 0.1) is 11.8 Å². The van der Waals surface area contributed by atoms with E-state index >= 15 is 0 Å². The first-order chi connectivity index (χ1) is 8.39. The van der Waals surface area contributed by atoms with Crippen LogP contribution in [-0.2, 0) is 4.74 Å². The summed E-state index contributed by atoms with van der Waals surface area (Å²) in [6.45, 7) is 7.38. The Morgan fingerprint density at radius 2 is 1.89 bits per heavy atom. The van der Waals surface area contributed by atoms with Gasteiger partial charge in [0.15, 0.2) is 0 Å². The number of ether oxygens (including phenoxy) is 1. The summed E-state index contributed by atoms with van der Waals surface area (Å²) in [5.41, 5.74) is -0.405. The molecular formula is C13H23ClN2O2. The molecule has 0 aromatic carbocycles. The van der Waals surface area contributed by atoms with Gasteiger partial charge in [-0.1, -0.05) is 0 Å². The standard InChI is InChI=1S/C13H23ClN2O2/c1-13(2,3)18-12(17)16-6-9-4-11(15-8-14)5-10(9)7-16/h9-11,15H,4-8H2,1-3H3. The predicted molar refractivity (Wildman–Crippen MR) is 71.7 cm³/mol. The summed E-state index contributed by atoms with van der Waals surface area (Å²) in [4.78, 5) is 13.8. The van der Waals surface area contributed by atoms with Crippen LogP contribution in [0.3, 0.4) is 0 Å². The molecule has 18 heavy (non-hydrogen) atoms. The second-order valence-electron chi connectivity index (χ2n) is 6.41. The van der Waals surface area contributed by atoms with Gasteiger partial charge in [0.25, 0.3) is 0 Å². The molecule has 4 nitrogen and oxygen atoms in total. The second-order valence-corrected chi connectivity index (χ2v) is 6.68. The van der Waals surface area contributed by atoms with Crippen molar-refractivity contribution >= 4 is 17.7 Å². The maximum absolute atomic E-state index is 12.0. The van der Waals surface area contributed by atoms with Crippen LogP contribution in [0.2, 0.25) is 0 Å². The average molecular weight is 275 g/mol. The maximum atomic E-state index is 12.0. The van der Waals surface area contributed by atoms with Crippen molar-refractivity contribution in [3.63, 3.8) is 0 Å². The monoisotopic (exact) mass is 274 g/mol. The van der Waals surface area contributed by atoms with Crippen molar-refractivity contribution in [1.29, 1.82) is 0 Å². The molecule has 1 saturated carbocycles. The van der Waals surface area contributed by atoms with E-state index in [4.69, 9.17) is 16.3 Å². The minimum atomic E-state index is -0.405. The van der Waals surface area contributed by atoms with E-state index < -0.39 is 5.60 Å². The van der Waals surface area contributed by atoms with Gasteiger partial charge in [0.1, 0.15) is 5.60 Å². The summed E-state index contributed by atoms with van der Waals surface area (Å²) in [6, 6.07) is 1.04. The zero-order valence-electron chi connectivity index (χ0n) is 11.4. The van der Waals surface area contributed by atoms with Gasteiger partial charge in [-0.2, -0.15) is 0 Å². The number of fused-ring (bicyclic) bond motifs is 1. The number of nitrogens with one attached hydrogen (secondary N) is 1. The summed E-state index contributed by atoms with van der Waals surface area (Å²) in [6.07, 6.45) is 2.08. The van der Waals surface area contributed by atoms with Gasteiger partial charge in [0, 0.05) is 19.1 Å². The molecule has 2 rings (SSSR count). The molecule has 1 N–H and O–H groups in total. The Balaban J connectivity index is 1.83. The number of amides is 1. The lowest BCUT2D eigenvalue weighted by Gasteiger charge is -2.25. The highest BCUT2D eigenvalue weighted by Crippen LogP contribution is 2.38. The minimum Gasteiger partial charge on any atom is -0.444 e. The number of alkyl halides is 1. The molecule has 0 spiro atoms. The molecule has 1 amide bonds. The molecule has 0 radical (unpaired) electrons. The molecule has 0 aromatic rings. The van der Waals surface area contributed by atoms with Crippen LogP contribution >= 0.6 is 11.6 Å². The van der Waals surface area contributed by atoms with Gasteiger partial charge in [-0.05, 0) is 45.4 Å². The lowest BCUT2D eigenvalue weighted by atomic mass is 10.0. The van der Waals surface area contributed by atoms with Gasteiger partial charge in [0.05, 0.1) is 6.00 Å². The Kier molecular flexibility index (Phi) is 4.07. The van der Waals surface area contributed by atoms with E-state index in [1.165, 1.54) is 0 Å². The van der Waals surface area contributed by atoms with Crippen LogP contribution in [0.1, 0.15) is 33.6 Å². The van der Waals surface area contributed by atoms with E-state index in [0.717, 1.165) is 25.9 Å². The van der Waals surface area contributed by atoms with Crippen molar-refractivity contribution in [3.8, 4) is 0 Å². The van der Waals surface area contributed by atoms with Crippen LogP contribution in [0.25, 0.3) is 0 Å². The number of hydrogen-bond acceptors (Lipinski definition) is 3. The van der Waals surface area contributed by atoms with Crippen LogP contribution in [-0.4, -0.2) is 41.7 Å². The van der Waals surface area contributed by atoms with Crippen LogP contribution < -0.4 is 5.32 Å². The predicted octanol–water partition coefficient (Wildman–Crippen LogP) is 2.42. The zero-order valence-corrected chi connectivity index (χ0v) is 12.2. The Morgan fingerprint density at radius 3 is 2.33 bits per heavy atom. The summed E-state index contributed by atoms with van der Waals surface area (Å²) < 4.78 is 5.41. The fourth-order valence-corrected chi connectivity index (χ4v) is 3.27. The van der Waals surface area contributed by atoms with Crippen molar-refractivity contribution in [3.05, 3.63) is 0 Å². The topological polar surface area (TPSA) is 41.6 Å². The highest BCUT2D eigenvalue weighted by atomic mass is 35.5. The highest BCUT2D eigenvalue weighted by Gasteiger charge is 2.43. The molecule has 0 aromatic heterocycles. The molecule has 1 saturated heterocycles. The third-order valence-electron chi connectivity index (χ3n) is 3.77. The summed E-state index contributed by atoms with van der Waals surface area (Å²) in [5.74, 6) is 1.22. The molecule has 1 heterocycles. The fourth-order valence-electron chi connectivity index (χ4n) is 3.05. The van der Waals surface area contributed by atoms with Crippen LogP contribution in [0.5, 0.6) is 0 Å². The molecule has 2 aliphatic rings. The molecule has 1 aliphatic carbocycles. The van der Waals surface area contributed by atoms with E-state index in [-0.39, 0.29) is 6.09 Å². The second kappa shape index (κ2) is 5.25. The van der Waals surface area contributed by atoms with E-state index in [1.54, 1.807) is 0 Å². The lowest BCUT2D eigenvalue weighted by Crippen LogP contribution is -2.37. The summed E-state index contributed by atoms with van der Waals surface area (Å²) in [5, 5.41) is 3.29. The number of rotatable bonds is 2. The first kappa shape index (κ1) is 13.9. The smallest absolute Gasteiger partial charge is 0.410 e. The van der Waals surface area contributed by atoms with E-state index in [1.807, 2.05) is 25.7 Å². The van der Waals surface area contributed by atoms with Crippen LogP contribution in [0.15, 0.2) is 0 Å². The van der Waals surface area contributed by atoms with Crippen molar-refractivity contribution in [2.45, 2.75) is 45.3 Å². The summed E-state index contributed by atoms with van der Waals surface area (Å²) in [7, 11) is 0. The Hall–Kier alpha value is -0.480. The Labute approximate surface area is 114 Å². The average Bonchev–Trinajstić information content (AvgIpc) is 2.72. The number of likely N-dealkylation sites (tertiary alicyclic amines) is 1. The normalized spacial score (nSPS) is 31.6. The van der Waals surface area contributed by atoms with Crippen molar-refractivity contribution in [2.24, 2.45) is 11.8 Å². The third kappa shape index (κ3) is 3.29. The van der Waals surface area contributed by atoms with Crippen LogP contribution in [0.4, 0.5) is 4.79 Å². The lowest BCUT2D eigenvalue weighted by molar-refractivity contribution is 0.0279. The van der Waals surface area contributed by atoms with Crippen molar-refractivity contribution in [1.82, 2.24) is 10.2 Å². The van der Waals surface area contributed by atoms with Gasteiger partial charge < -0.3 is 15.0 Å². The first-order valence-electron chi connectivity index (χ1n) is 6.66. The quantitative estimate of drug-likeness (QED) is 0.621. The Bertz CT molecular complexity index is 303. The number of halogens is 1. The minimum absolute atomic E-state index is 0.168. The Morgan fingerprint density at radius 1 is 1.33 bits per heavy atom. The molecule has 2 fully saturated rings. The number of carbonyl (C=O) groups excluding carboxylic acids is 1. The summed E-state index contributed by atoms with van der Waals surface area (Å²) >= 11 is 5.69. The molecule has 2 unspecified atom stereocenters. The van der Waals surface area contributed by atoms with Gasteiger partial charge >= 0.3 is 6.09 Å². The molecule has 1 aliphatic heterocycles. The maximum Gasteiger partial charge on any atom is 0.410 e. The first-order valence-corrected chi connectivity index (χ1v) is 7.20. The van der Waals surface area contributed by atoms with Gasteiger partial charge in [-0.25, -0.2) is 4.79 Å². The van der Waals surface area contributed by atoms with Gasteiger partial charge in [-0.15, -0.1) is 11.6 Å². The highest BCUT2D eigenvalue weighted by molar-refractivity contribution is 6.17. The molecule has 5 heteroatoms. The third-order valence-corrected chi connectivity index (χ3v) is 3.92. The number of carbonyl (C=O) groups is 1. The molecule has 0 bridgehead atoms. The van der Waals surface area contributed by atoms with E-state index in [9.17, 15) is 4.79 Å². The number of hydrogen-bond donors (Lipinski definition) is 1. The van der Waals surface area contributed by atoms with E-state index in [0.29, 0.717) is 23.9 Å². The molecular weight excluding hydrogens is 252 g/mol. The SMILES string of the molecule is CC(C)(C)OC(=O)N1CC2CC(NCCl)CC2C1. The zero-order chi connectivity index (χ0) is 13.3. The molecule has 104 valence electrons.